The number of sulfonamides is 1. The van der Waals surface area contributed by atoms with Gasteiger partial charge in [0.15, 0.2) is 0 Å². The molecule has 0 aliphatic rings. The van der Waals surface area contributed by atoms with Crippen LogP contribution in [0.25, 0.3) is 0 Å². The summed E-state index contributed by atoms with van der Waals surface area (Å²) in [6.07, 6.45) is 1.91. The Morgan fingerprint density at radius 2 is 1.70 bits per heavy atom. The van der Waals surface area contributed by atoms with E-state index in [1.807, 2.05) is 6.92 Å². The molecule has 2 aromatic rings. The van der Waals surface area contributed by atoms with E-state index in [4.69, 9.17) is 0 Å². The predicted octanol–water partition coefficient (Wildman–Crippen LogP) is 3.15. The van der Waals surface area contributed by atoms with Crippen LogP contribution in [0.15, 0.2) is 48.5 Å². The maximum atomic E-state index is 13.3. The summed E-state index contributed by atoms with van der Waals surface area (Å²) in [6, 6.07) is 10.3. The summed E-state index contributed by atoms with van der Waals surface area (Å²) in [6.45, 7) is 4.09. The molecule has 0 aliphatic heterocycles. The molecule has 0 saturated heterocycles. The van der Waals surface area contributed by atoms with Crippen LogP contribution in [0, 0.1) is 5.82 Å². The Bertz CT molecular complexity index is 994. The van der Waals surface area contributed by atoms with E-state index in [2.05, 4.69) is 10.6 Å². The number of hydrogen-bond acceptors (Lipinski definition) is 4. The van der Waals surface area contributed by atoms with Crippen molar-refractivity contribution in [1.82, 2.24) is 5.32 Å². The van der Waals surface area contributed by atoms with Crippen molar-refractivity contribution in [3.63, 3.8) is 0 Å². The summed E-state index contributed by atoms with van der Waals surface area (Å²) in [5, 5.41) is 5.42. The molecule has 30 heavy (non-hydrogen) atoms. The van der Waals surface area contributed by atoms with Gasteiger partial charge in [0.25, 0.3) is 5.91 Å². The third-order valence-corrected chi connectivity index (χ3v) is 5.56. The highest BCUT2D eigenvalue weighted by Gasteiger charge is 2.32. The standard InChI is InChI=1S/C21H26FN3O4S/c1-4-14-23-20(26)17-8-6-7-9-18(17)24-21(27)19(5-2)25(30(3,28)29)16-12-10-15(22)11-13-16/h6-13,19H,4-5,14H2,1-3H3,(H,23,26)(H,24,27). The zero-order chi connectivity index (χ0) is 22.3. The van der Waals surface area contributed by atoms with Crippen LogP contribution in [0.4, 0.5) is 15.8 Å². The van der Waals surface area contributed by atoms with Crippen LogP contribution >= 0.6 is 0 Å². The maximum absolute atomic E-state index is 13.3. The second kappa shape index (κ2) is 10.2. The largest absolute Gasteiger partial charge is 0.352 e. The molecule has 0 heterocycles. The number of nitrogens with zero attached hydrogens (tertiary/aromatic N) is 1. The fraction of sp³-hybridized carbons (Fsp3) is 0.333. The van der Waals surface area contributed by atoms with Crippen molar-refractivity contribution < 1.29 is 22.4 Å². The average molecular weight is 436 g/mol. The molecule has 162 valence electrons. The van der Waals surface area contributed by atoms with Crippen LogP contribution in [-0.2, 0) is 14.8 Å². The first-order chi connectivity index (χ1) is 14.2. The maximum Gasteiger partial charge on any atom is 0.253 e. The van der Waals surface area contributed by atoms with Crippen LogP contribution in [0.2, 0.25) is 0 Å². The molecule has 0 saturated carbocycles. The van der Waals surface area contributed by atoms with Crippen LogP contribution in [-0.4, -0.2) is 39.1 Å². The summed E-state index contributed by atoms with van der Waals surface area (Å²) in [4.78, 5) is 25.4. The van der Waals surface area contributed by atoms with Crippen molar-refractivity contribution in [2.45, 2.75) is 32.7 Å². The van der Waals surface area contributed by atoms with Gasteiger partial charge >= 0.3 is 0 Å². The highest BCUT2D eigenvalue weighted by atomic mass is 32.2. The van der Waals surface area contributed by atoms with Crippen molar-refractivity contribution in [3.8, 4) is 0 Å². The molecule has 1 unspecified atom stereocenters. The second-order valence-electron chi connectivity index (χ2n) is 6.75. The first kappa shape index (κ1) is 23.3. The van der Waals surface area contributed by atoms with Gasteiger partial charge in [-0.15, -0.1) is 0 Å². The zero-order valence-electron chi connectivity index (χ0n) is 17.2. The molecular weight excluding hydrogens is 409 g/mol. The number of carbonyl (C=O) groups excluding carboxylic acids is 2. The third-order valence-electron chi connectivity index (χ3n) is 4.38. The van der Waals surface area contributed by atoms with Gasteiger partial charge in [0, 0.05) is 6.54 Å². The van der Waals surface area contributed by atoms with Crippen molar-refractivity contribution in [2.75, 3.05) is 22.4 Å². The van der Waals surface area contributed by atoms with E-state index in [1.165, 1.54) is 12.1 Å². The molecule has 0 aromatic heterocycles. The normalized spacial score (nSPS) is 12.1. The van der Waals surface area contributed by atoms with Crippen molar-refractivity contribution in [2.24, 2.45) is 0 Å². The lowest BCUT2D eigenvalue weighted by Crippen LogP contribution is -2.47. The molecule has 2 rings (SSSR count). The van der Waals surface area contributed by atoms with Gasteiger partial charge < -0.3 is 10.6 Å². The van der Waals surface area contributed by atoms with E-state index < -0.39 is 27.8 Å². The average Bonchev–Trinajstić information content (AvgIpc) is 2.70. The molecule has 0 bridgehead atoms. The van der Waals surface area contributed by atoms with E-state index in [1.54, 1.807) is 31.2 Å². The van der Waals surface area contributed by atoms with Crippen molar-refractivity contribution in [3.05, 3.63) is 59.9 Å². The second-order valence-corrected chi connectivity index (χ2v) is 8.61. The number of halogens is 1. The summed E-state index contributed by atoms with van der Waals surface area (Å²) < 4.78 is 39.2. The number of amides is 2. The minimum Gasteiger partial charge on any atom is -0.352 e. The minimum absolute atomic E-state index is 0.167. The highest BCUT2D eigenvalue weighted by molar-refractivity contribution is 7.92. The fourth-order valence-electron chi connectivity index (χ4n) is 2.99. The molecule has 0 aliphatic carbocycles. The van der Waals surface area contributed by atoms with Crippen LogP contribution in [0.1, 0.15) is 37.0 Å². The Balaban J connectivity index is 2.36. The minimum atomic E-state index is -3.85. The Hall–Kier alpha value is -2.94. The van der Waals surface area contributed by atoms with Gasteiger partial charge in [0.05, 0.1) is 23.2 Å². The van der Waals surface area contributed by atoms with E-state index in [0.717, 1.165) is 29.1 Å². The lowest BCUT2D eigenvalue weighted by molar-refractivity contribution is -0.117. The molecule has 0 fully saturated rings. The third kappa shape index (κ3) is 5.79. The Morgan fingerprint density at radius 3 is 2.27 bits per heavy atom. The van der Waals surface area contributed by atoms with Crippen molar-refractivity contribution >= 4 is 33.2 Å². The fourth-order valence-corrected chi connectivity index (χ4v) is 4.20. The zero-order valence-corrected chi connectivity index (χ0v) is 18.0. The van der Waals surface area contributed by atoms with Gasteiger partial charge in [-0.2, -0.15) is 0 Å². The number of nitrogens with one attached hydrogen (secondary N) is 2. The summed E-state index contributed by atoms with van der Waals surface area (Å²) in [5.74, 6) is -1.45. The van der Waals surface area contributed by atoms with Gasteiger partial charge in [-0.25, -0.2) is 12.8 Å². The first-order valence-electron chi connectivity index (χ1n) is 9.62. The number of hydrogen-bond donors (Lipinski definition) is 2. The van der Waals surface area contributed by atoms with E-state index >= 15 is 0 Å². The Labute approximate surface area is 176 Å². The summed E-state index contributed by atoms with van der Waals surface area (Å²) >= 11 is 0. The topological polar surface area (TPSA) is 95.6 Å². The molecule has 7 nitrogen and oxygen atoms in total. The van der Waals surface area contributed by atoms with Gasteiger partial charge in [-0.05, 0) is 49.2 Å². The van der Waals surface area contributed by atoms with Gasteiger partial charge in [0.2, 0.25) is 15.9 Å². The number of rotatable bonds is 9. The highest BCUT2D eigenvalue weighted by Crippen LogP contribution is 2.24. The lowest BCUT2D eigenvalue weighted by atomic mass is 10.1. The molecule has 2 aromatic carbocycles. The quantitative estimate of drug-likeness (QED) is 0.633. The van der Waals surface area contributed by atoms with E-state index in [9.17, 15) is 22.4 Å². The Kier molecular flexibility index (Phi) is 7.93. The van der Waals surface area contributed by atoms with Gasteiger partial charge in [-0.1, -0.05) is 26.0 Å². The SMILES string of the molecule is CCCNC(=O)c1ccccc1NC(=O)C(CC)N(c1ccc(F)cc1)S(C)(=O)=O. The van der Waals surface area contributed by atoms with Crippen LogP contribution < -0.4 is 14.9 Å². The molecule has 2 amide bonds. The van der Waals surface area contributed by atoms with Crippen molar-refractivity contribution in [1.29, 1.82) is 0 Å². The van der Waals surface area contributed by atoms with Gasteiger partial charge in [0.1, 0.15) is 11.9 Å². The van der Waals surface area contributed by atoms with Crippen LogP contribution in [0.3, 0.4) is 0 Å². The number of benzene rings is 2. The monoisotopic (exact) mass is 435 g/mol. The number of carbonyl (C=O) groups is 2. The summed E-state index contributed by atoms with van der Waals surface area (Å²) in [7, 11) is -3.85. The van der Waals surface area contributed by atoms with Gasteiger partial charge in [-0.3, -0.25) is 13.9 Å². The number of para-hydroxylation sites is 1. The molecule has 9 heteroatoms. The van der Waals surface area contributed by atoms with E-state index in [-0.39, 0.29) is 29.3 Å². The molecular formula is C21H26FN3O4S. The molecule has 0 spiro atoms. The molecule has 0 radical (unpaired) electrons. The first-order valence-corrected chi connectivity index (χ1v) is 11.5. The Morgan fingerprint density at radius 1 is 1.07 bits per heavy atom. The smallest absolute Gasteiger partial charge is 0.253 e. The lowest BCUT2D eigenvalue weighted by Gasteiger charge is -2.30. The molecule has 1 atom stereocenters. The summed E-state index contributed by atoms with van der Waals surface area (Å²) in [5.41, 5.74) is 0.735. The molecule has 2 N–H and O–H groups in total. The number of anilines is 2. The predicted molar refractivity (Wildman–Crippen MR) is 115 cm³/mol. The van der Waals surface area contributed by atoms with Crippen LogP contribution in [0.5, 0.6) is 0 Å². The van der Waals surface area contributed by atoms with E-state index in [0.29, 0.717) is 6.54 Å².